The molecular weight excluding hydrogens is 450 g/mol. The van der Waals surface area contributed by atoms with Gasteiger partial charge in [0, 0.05) is 10.0 Å². The fraction of sp³-hybridized carbons (Fsp3) is 0.130. The number of ketones is 1. The first-order valence-electron chi connectivity index (χ1n) is 9.20. The molecule has 1 aromatic heterocycles. The summed E-state index contributed by atoms with van der Waals surface area (Å²) in [5.74, 6) is -0.485. The van der Waals surface area contributed by atoms with Gasteiger partial charge in [0.15, 0.2) is 0 Å². The Morgan fingerprint density at radius 2 is 1.80 bits per heavy atom. The van der Waals surface area contributed by atoms with Gasteiger partial charge in [0.2, 0.25) is 0 Å². The van der Waals surface area contributed by atoms with Gasteiger partial charge in [-0.15, -0.1) is 0 Å². The van der Waals surface area contributed by atoms with E-state index in [4.69, 9.17) is 9.15 Å². The number of amides is 1. The van der Waals surface area contributed by atoms with E-state index in [9.17, 15) is 14.7 Å². The minimum Gasteiger partial charge on any atom is -0.507 e. The van der Waals surface area contributed by atoms with Gasteiger partial charge in [-0.3, -0.25) is 9.59 Å². The molecule has 0 spiro atoms. The molecule has 0 saturated carbocycles. The van der Waals surface area contributed by atoms with Crippen molar-refractivity contribution in [1.29, 1.82) is 0 Å². The van der Waals surface area contributed by atoms with Crippen molar-refractivity contribution in [2.45, 2.75) is 12.6 Å². The Kier molecular flexibility index (Phi) is 5.46. The van der Waals surface area contributed by atoms with E-state index >= 15 is 0 Å². The van der Waals surface area contributed by atoms with Crippen LogP contribution in [0.4, 0.5) is 0 Å². The van der Waals surface area contributed by atoms with Crippen LogP contribution in [-0.4, -0.2) is 28.8 Å². The minimum absolute atomic E-state index is 0.0408. The molecule has 1 aliphatic heterocycles. The van der Waals surface area contributed by atoms with Crippen molar-refractivity contribution in [3.8, 4) is 5.75 Å². The zero-order valence-electron chi connectivity index (χ0n) is 16.0. The summed E-state index contributed by atoms with van der Waals surface area (Å²) in [4.78, 5) is 27.3. The Balaban J connectivity index is 1.84. The lowest BCUT2D eigenvalue weighted by Crippen LogP contribution is -2.29. The van der Waals surface area contributed by atoms with Gasteiger partial charge in [-0.2, -0.15) is 0 Å². The first kappa shape index (κ1) is 20.0. The molecule has 1 atom stereocenters. The third-order valence-electron chi connectivity index (χ3n) is 5.00. The zero-order valence-corrected chi connectivity index (χ0v) is 17.6. The molecule has 0 unspecified atom stereocenters. The second kappa shape index (κ2) is 8.20. The van der Waals surface area contributed by atoms with Crippen molar-refractivity contribution in [3.63, 3.8) is 0 Å². The predicted octanol–water partition coefficient (Wildman–Crippen LogP) is 4.67. The number of aliphatic hydroxyl groups is 1. The zero-order chi connectivity index (χ0) is 21.3. The van der Waals surface area contributed by atoms with Crippen molar-refractivity contribution in [2.75, 3.05) is 7.11 Å². The minimum atomic E-state index is -0.745. The van der Waals surface area contributed by atoms with Crippen LogP contribution in [0.3, 0.4) is 0 Å². The van der Waals surface area contributed by atoms with E-state index in [1.165, 1.54) is 11.2 Å². The number of benzene rings is 2. The summed E-state index contributed by atoms with van der Waals surface area (Å²) < 4.78 is 11.4. The quantitative estimate of drug-likeness (QED) is 0.335. The number of nitrogens with zero attached hydrogens (tertiary/aromatic N) is 1. The lowest BCUT2D eigenvalue weighted by molar-refractivity contribution is -0.140. The Bertz CT molecular complexity index is 1100. The number of halogens is 1. The van der Waals surface area contributed by atoms with Crippen LogP contribution in [0.15, 0.2) is 81.4 Å². The third-order valence-corrected chi connectivity index (χ3v) is 5.52. The molecule has 3 aromatic rings. The van der Waals surface area contributed by atoms with Crippen molar-refractivity contribution >= 4 is 33.4 Å². The summed E-state index contributed by atoms with van der Waals surface area (Å²) in [5.41, 5.74) is 1.17. The van der Waals surface area contributed by atoms with Crippen molar-refractivity contribution < 1.29 is 23.8 Å². The number of carbonyl (C=O) groups is 2. The molecule has 1 fully saturated rings. The smallest absolute Gasteiger partial charge is 0.296 e. The lowest BCUT2D eigenvalue weighted by atomic mass is 9.95. The number of likely N-dealkylation sites (tertiary alicyclic amines) is 1. The molecule has 4 rings (SSSR count). The van der Waals surface area contributed by atoms with Gasteiger partial charge in [-0.1, -0.05) is 28.1 Å². The maximum absolute atomic E-state index is 13.0. The maximum atomic E-state index is 13.0. The Labute approximate surface area is 181 Å². The maximum Gasteiger partial charge on any atom is 0.296 e. The SMILES string of the molecule is COc1ccc(C(O)=C2C(=O)C(=O)N(Cc3ccco3)[C@@H]2c2ccc(Br)cc2)cc1. The number of hydrogen-bond donors (Lipinski definition) is 1. The molecule has 1 amide bonds. The summed E-state index contributed by atoms with van der Waals surface area (Å²) in [7, 11) is 1.54. The molecule has 0 radical (unpaired) electrons. The number of ether oxygens (including phenoxy) is 1. The standard InChI is InChI=1S/C23H18BrNO5/c1-29-17-10-6-15(7-11-17)21(26)19-20(14-4-8-16(24)9-5-14)25(23(28)22(19)27)13-18-3-2-12-30-18/h2-12,20,26H,13H2,1H3/t20-/m1/s1. The van der Waals surface area contributed by atoms with Gasteiger partial charge in [0.1, 0.15) is 17.3 Å². The monoisotopic (exact) mass is 467 g/mol. The highest BCUT2D eigenvalue weighted by atomic mass is 79.9. The van der Waals surface area contributed by atoms with Crippen LogP contribution in [-0.2, 0) is 16.1 Å². The number of Topliss-reactive ketones (excluding diaryl/α,β-unsaturated/α-hetero) is 1. The number of methoxy groups -OCH3 is 1. The van der Waals surface area contributed by atoms with Crippen LogP contribution >= 0.6 is 15.9 Å². The van der Waals surface area contributed by atoms with E-state index in [1.807, 2.05) is 24.3 Å². The van der Waals surface area contributed by atoms with E-state index in [-0.39, 0.29) is 17.9 Å². The fourth-order valence-electron chi connectivity index (χ4n) is 3.51. The molecule has 0 aliphatic carbocycles. The number of hydrogen-bond acceptors (Lipinski definition) is 5. The number of carbonyl (C=O) groups excluding carboxylic acids is 2. The van der Waals surface area contributed by atoms with E-state index in [2.05, 4.69) is 15.9 Å². The largest absolute Gasteiger partial charge is 0.507 e. The Morgan fingerprint density at radius 3 is 2.40 bits per heavy atom. The van der Waals surface area contributed by atoms with Gasteiger partial charge < -0.3 is 19.2 Å². The van der Waals surface area contributed by atoms with Gasteiger partial charge in [0.05, 0.1) is 31.5 Å². The highest BCUT2D eigenvalue weighted by molar-refractivity contribution is 9.10. The molecule has 152 valence electrons. The molecule has 1 saturated heterocycles. The van der Waals surface area contributed by atoms with Gasteiger partial charge in [0.25, 0.3) is 11.7 Å². The van der Waals surface area contributed by atoms with Crippen LogP contribution in [0.5, 0.6) is 5.75 Å². The summed E-state index contributed by atoms with van der Waals surface area (Å²) in [6.07, 6.45) is 1.51. The van der Waals surface area contributed by atoms with Crippen molar-refractivity contribution in [1.82, 2.24) is 4.90 Å². The Hall–Kier alpha value is -3.32. The van der Waals surface area contributed by atoms with Crippen molar-refractivity contribution in [3.05, 3.63) is 93.9 Å². The highest BCUT2D eigenvalue weighted by Crippen LogP contribution is 2.40. The van der Waals surface area contributed by atoms with Crippen LogP contribution in [0.2, 0.25) is 0 Å². The summed E-state index contributed by atoms with van der Waals surface area (Å²) in [5, 5.41) is 11.0. The molecular formula is C23H18BrNO5. The summed E-state index contributed by atoms with van der Waals surface area (Å²) in [6, 6.07) is 16.7. The predicted molar refractivity (Wildman–Crippen MR) is 114 cm³/mol. The molecule has 2 aromatic carbocycles. The highest BCUT2D eigenvalue weighted by Gasteiger charge is 2.46. The second-order valence-electron chi connectivity index (χ2n) is 6.79. The van der Waals surface area contributed by atoms with E-state index < -0.39 is 17.7 Å². The van der Waals surface area contributed by atoms with Crippen LogP contribution in [0, 0.1) is 0 Å². The molecule has 30 heavy (non-hydrogen) atoms. The van der Waals surface area contributed by atoms with Crippen LogP contribution in [0.1, 0.15) is 22.9 Å². The molecule has 0 bridgehead atoms. The summed E-state index contributed by atoms with van der Waals surface area (Å²) in [6.45, 7) is 0.109. The number of rotatable bonds is 5. The number of aliphatic hydroxyl groups excluding tert-OH is 1. The molecule has 1 N–H and O–H groups in total. The second-order valence-corrected chi connectivity index (χ2v) is 7.70. The normalized spacial score (nSPS) is 18.1. The fourth-order valence-corrected chi connectivity index (χ4v) is 3.77. The van der Waals surface area contributed by atoms with Crippen LogP contribution < -0.4 is 4.74 Å². The average molecular weight is 468 g/mol. The van der Waals surface area contributed by atoms with Gasteiger partial charge in [-0.05, 0) is 54.1 Å². The molecule has 2 heterocycles. The first-order chi connectivity index (χ1) is 14.5. The summed E-state index contributed by atoms with van der Waals surface area (Å²) >= 11 is 3.40. The topological polar surface area (TPSA) is 80.0 Å². The lowest BCUT2D eigenvalue weighted by Gasteiger charge is -2.24. The third kappa shape index (κ3) is 3.64. The van der Waals surface area contributed by atoms with E-state index in [0.717, 1.165) is 4.47 Å². The van der Waals surface area contributed by atoms with Crippen molar-refractivity contribution in [2.24, 2.45) is 0 Å². The number of furan rings is 1. The van der Waals surface area contributed by atoms with E-state index in [0.29, 0.717) is 22.6 Å². The van der Waals surface area contributed by atoms with Gasteiger partial charge in [-0.25, -0.2) is 0 Å². The van der Waals surface area contributed by atoms with Crippen LogP contribution in [0.25, 0.3) is 5.76 Å². The first-order valence-corrected chi connectivity index (χ1v) is 9.99. The van der Waals surface area contributed by atoms with E-state index in [1.54, 1.807) is 43.5 Å². The Morgan fingerprint density at radius 1 is 1.10 bits per heavy atom. The average Bonchev–Trinajstić information content (AvgIpc) is 3.36. The van der Waals surface area contributed by atoms with Gasteiger partial charge >= 0.3 is 0 Å². The molecule has 6 nitrogen and oxygen atoms in total. The molecule has 1 aliphatic rings. The molecule has 7 heteroatoms.